The summed E-state index contributed by atoms with van der Waals surface area (Å²) in [5.74, 6) is -0.260. The summed E-state index contributed by atoms with van der Waals surface area (Å²) in [5, 5.41) is 4.59. The lowest BCUT2D eigenvalue weighted by molar-refractivity contribution is -0.132. The van der Waals surface area contributed by atoms with Crippen molar-refractivity contribution in [3.63, 3.8) is 0 Å². The Morgan fingerprint density at radius 1 is 1.10 bits per heavy atom. The molecule has 0 aliphatic carbocycles. The van der Waals surface area contributed by atoms with Crippen LogP contribution in [0.3, 0.4) is 0 Å². The fourth-order valence-electron chi connectivity index (χ4n) is 3.44. The lowest BCUT2D eigenvalue weighted by Crippen LogP contribution is -2.50. The van der Waals surface area contributed by atoms with Crippen molar-refractivity contribution in [1.29, 1.82) is 0 Å². The van der Waals surface area contributed by atoms with Crippen LogP contribution in [0.15, 0.2) is 29.2 Å². The van der Waals surface area contributed by atoms with Gasteiger partial charge < -0.3 is 10.2 Å². The first-order chi connectivity index (χ1) is 13.7. The maximum absolute atomic E-state index is 12.8. The van der Waals surface area contributed by atoms with Crippen LogP contribution in [0.25, 0.3) is 0 Å². The minimum Gasteiger partial charge on any atom is -0.340 e. The topological polar surface area (TPSA) is 116 Å². The zero-order chi connectivity index (χ0) is 21.2. The molecule has 0 unspecified atom stereocenters. The van der Waals surface area contributed by atoms with Crippen molar-refractivity contribution < 1.29 is 22.8 Å². The van der Waals surface area contributed by atoms with E-state index in [1.54, 1.807) is 17.0 Å². The van der Waals surface area contributed by atoms with Crippen LogP contribution in [0.2, 0.25) is 0 Å². The standard InChI is InChI=1S/C19H26N4O5S/c1-13(2)14-3-5-15(6-4-14)29(27,28)23-11-9-22(10-12-23)17(24)8-7-16-18(25)21-19(26)20-16/h3-6,13,16H,7-12H2,1-2H3,(H2,20,21,25,26)/t16-/m1/s1. The van der Waals surface area contributed by atoms with Crippen LogP contribution in [0.1, 0.15) is 38.2 Å². The van der Waals surface area contributed by atoms with Gasteiger partial charge in [0.1, 0.15) is 6.04 Å². The normalized spacial score (nSPS) is 20.7. The quantitative estimate of drug-likeness (QED) is 0.653. The third-order valence-corrected chi connectivity index (χ3v) is 7.19. The van der Waals surface area contributed by atoms with Gasteiger partial charge in [0, 0.05) is 32.6 Å². The number of benzene rings is 1. The zero-order valence-electron chi connectivity index (χ0n) is 16.6. The van der Waals surface area contributed by atoms with Crippen LogP contribution in [0.5, 0.6) is 0 Å². The Hall–Kier alpha value is -2.46. The van der Waals surface area contributed by atoms with E-state index < -0.39 is 28.0 Å². The van der Waals surface area contributed by atoms with E-state index >= 15 is 0 Å². The van der Waals surface area contributed by atoms with E-state index in [1.165, 1.54) is 4.31 Å². The van der Waals surface area contributed by atoms with Gasteiger partial charge in [0.05, 0.1) is 4.90 Å². The number of nitrogens with zero attached hydrogens (tertiary/aromatic N) is 2. The first kappa shape index (κ1) is 21.3. The first-order valence-corrected chi connectivity index (χ1v) is 11.1. The van der Waals surface area contributed by atoms with Crippen molar-refractivity contribution in [2.75, 3.05) is 26.2 Å². The Morgan fingerprint density at radius 3 is 2.24 bits per heavy atom. The minimum absolute atomic E-state index is 0.113. The summed E-state index contributed by atoms with van der Waals surface area (Å²) < 4.78 is 27.1. The van der Waals surface area contributed by atoms with Gasteiger partial charge in [-0.05, 0) is 30.0 Å². The number of sulfonamides is 1. The number of nitrogens with one attached hydrogen (secondary N) is 2. The Kier molecular flexibility index (Phi) is 6.23. The number of hydrogen-bond donors (Lipinski definition) is 2. The predicted molar refractivity (Wildman–Crippen MR) is 106 cm³/mol. The highest BCUT2D eigenvalue weighted by molar-refractivity contribution is 7.89. The van der Waals surface area contributed by atoms with Gasteiger partial charge >= 0.3 is 6.03 Å². The average Bonchev–Trinajstić information content (AvgIpc) is 3.03. The molecule has 2 heterocycles. The van der Waals surface area contributed by atoms with Crippen LogP contribution >= 0.6 is 0 Å². The predicted octanol–water partition coefficient (Wildman–Crippen LogP) is 0.631. The zero-order valence-corrected chi connectivity index (χ0v) is 17.4. The third-order valence-electron chi connectivity index (χ3n) is 5.28. The SMILES string of the molecule is CC(C)c1ccc(S(=O)(=O)N2CCN(C(=O)CC[C@H]3NC(=O)NC3=O)CC2)cc1. The Labute approximate surface area is 170 Å². The Morgan fingerprint density at radius 2 is 1.72 bits per heavy atom. The second-order valence-electron chi connectivity index (χ2n) is 7.56. The molecular weight excluding hydrogens is 396 g/mol. The van der Waals surface area contributed by atoms with Gasteiger partial charge in [0.15, 0.2) is 0 Å². The smallest absolute Gasteiger partial charge is 0.322 e. The number of imide groups is 1. The van der Waals surface area contributed by atoms with E-state index in [2.05, 4.69) is 10.6 Å². The molecule has 0 radical (unpaired) electrons. The number of carbonyl (C=O) groups is 3. The van der Waals surface area contributed by atoms with Crippen LogP contribution in [0, 0.1) is 0 Å². The molecule has 0 bridgehead atoms. The van der Waals surface area contributed by atoms with E-state index in [1.807, 2.05) is 26.0 Å². The lowest BCUT2D eigenvalue weighted by atomic mass is 10.0. The molecule has 10 heteroatoms. The molecule has 2 aliphatic heterocycles. The molecule has 2 aliphatic rings. The third kappa shape index (κ3) is 4.76. The Balaban J connectivity index is 1.53. The highest BCUT2D eigenvalue weighted by Crippen LogP contribution is 2.21. The lowest BCUT2D eigenvalue weighted by Gasteiger charge is -2.34. The highest BCUT2D eigenvalue weighted by atomic mass is 32.2. The van der Waals surface area contributed by atoms with Crippen molar-refractivity contribution in [2.24, 2.45) is 0 Å². The van der Waals surface area contributed by atoms with Gasteiger partial charge in [-0.25, -0.2) is 13.2 Å². The summed E-state index contributed by atoms with van der Waals surface area (Å²) in [7, 11) is -3.60. The summed E-state index contributed by atoms with van der Waals surface area (Å²) >= 11 is 0. The van der Waals surface area contributed by atoms with Gasteiger partial charge in [-0.3, -0.25) is 14.9 Å². The van der Waals surface area contributed by atoms with Crippen LogP contribution in [-0.4, -0.2) is 67.7 Å². The monoisotopic (exact) mass is 422 g/mol. The van der Waals surface area contributed by atoms with E-state index in [4.69, 9.17) is 0 Å². The molecule has 9 nitrogen and oxygen atoms in total. The van der Waals surface area contributed by atoms with Gasteiger partial charge in [-0.2, -0.15) is 4.31 Å². The number of carbonyl (C=O) groups excluding carboxylic acids is 3. The molecule has 0 saturated carbocycles. The molecule has 2 fully saturated rings. The fraction of sp³-hybridized carbons (Fsp3) is 0.526. The number of urea groups is 1. The molecule has 0 aromatic heterocycles. The van der Waals surface area contributed by atoms with Crippen molar-refractivity contribution in [1.82, 2.24) is 19.8 Å². The summed E-state index contributed by atoms with van der Waals surface area (Å²) in [6.07, 6.45) is 0.332. The summed E-state index contributed by atoms with van der Waals surface area (Å²) in [5.41, 5.74) is 1.08. The second-order valence-corrected chi connectivity index (χ2v) is 9.50. The molecule has 2 saturated heterocycles. The average molecular weight is 423 g/mol. The minimum atomic E-state index is -3.60. The number of amides is 4. The molecule has 1 aromatic carbocycles. The first-order valence-electron chi connectivity index (χ1n) is 9.67. The second kappa shape index (κ2) is 8.50. The number of rotatable bonds is 6. The van der Waals surface area contributed by atoms with Crippen LogP contribution in [0.4, 0.5) is 4.79 Å². The van der Waals surface area contributed by atoms with E-state index in [9.17, 15) is 22.8 Å². The van der Waals surface area contributed by atoms with Gasteiger partial charge in [-0.15, -0.1) is 0 Å². The summed E-state index contributed by atoms with van der Waals surface area (Å²) in [6, 6.07) is 5.67. The molecule has 3 rings (SSSR count). The molecular formula is C19H26N4O5S. The van der Waals surface area contributed by atoms with Crippen LogP contribution < -0.4 is 10.6 Å². The van der Waals surface area contributed by atoms with Gasteiger partial charge in [0.25, 0.3) is 5.91 Å². The van der Waals surface area contributed by atoms with Gasteiger partial charge in [-0.1, -0.05) is 26.0 Å². The largest absolute Gasteiger partial charge is 0.340 e. The molecule has 1 atom stereocenters. The summed E-state index contributed by atoms with van der Waals surface area (Å²) in [4.78, 5) is 36.9. The number of hydrogen-bond acceptors (Lipinski definition) is 5. The van der Waals surface area contributed by atoms with Crippen molar-refractivity contribution in [2.45, 2.75) is 43.5 Å². The van der Waals surface area contributed by atoms with E-state index in [0.717, 1.165) is 5.56 Å². The van der Waals surface area contributed by atoms with Gasteiger partial charge in [0.2, 0.25) is 15.9 Å². The van der Waals surface area contributed by atoms with Crippen molar-refractivity contribution in [3.05, 3.63) is 29.8 Å². The summed E-state index contributed by atoms with van der Waals surface area (Å²) in [6.45, 7) is 5.14. The highest BCUT2D eigenvalue weighted by Gasteiger charge is 2.32. The molecule has 4 amide bonds. The maximum atomic E-state index is 12.8. The van der Waals surface area contributed by atoms with E-state index in [0.29, 0.717) is 19.0 Å². The number of piperazine rings is 1. The molecule has 2 N–H and O–H groups in total. The van der Waals surface area contributed by atoms with E-state index in [-0.39, 0.29) is 36.7 Å². The van der Waals surface area contributed by atoms with Crippen molar-refractivity contribution >= 4 is 27.9 Å². The molecule has 158 valence electrons. The Bertz CT molecular complexity index is 890. The van der Waals surface area contributed by atoms with Crippen molar-refractivity contribution in [3.8, 4) is 0 Å². The van der Waals surface area contributed by atoms with Crippen LogP contribution in [-0.2, 0) is 19.6 Å². The molecule has 1 aromatic rings. The molecule has 0 spiro atoms. The maximum Gasteiger partial charge on any atom is 0.322 e. The molecule has 29 heavy (non-hydrogen) atoms. The fourth-order valence-corrected chi connectivity index (χ4v) is 4.86.